The van der Waals surface area contributed by atoms with Crippen LogP contribution in [-0.2, 0) is 6.42 Å². The summed E-state index contributed by atoms with van der Waals surface area (Å²) in [7, 11) is 0. The number of piperazine rings is 1. The van der Waals surface area contributed by atoms with Crippen LogP contribution in [-0.4, -0.2) is 46.2 Å². The predicted molar refractivity (Wildman–Crippen MR) is 76.1 cm³/mol. The molecule has 1 amide bonds. The topological polar surface area (TPSA) is 43.8 Å². The van der Waals surface area contributed by atoms with Crippen molar-refractivity contribution in [2.75, 3.05) is 13.1 Å². The molecule has 1 aromatic carbocycles. The highest BCUT2D eigenvalue weighted by Crippen LogP contribution is 2.45. The number of fused-ring (bicyclic) bond motifs is 3. The molecule has 4 nitrogen and oxygen atoms in total. The first-order valence-electron chi connectivity index (χ1n) is 7.17. The van der Waals surface area contributed by atoms with E-state index in [1.54, 1.807) is 4.90 Å². The highest BCUT2D eigenvalue weighted by Gasteiger charge is 2.48. The molecule has 0 saturated carbocycles. The van der Waals surface area contributed by atoms with Crippen molar-refractivity contribution in [2.24, 2.45) is 0 Å². The van der Waals surface area contributed by atoms with Gasteiger partial charge in [0.1, 0.15) is 0 Å². The second kappa shape index (κ2) is 4.37. The van der Waals surface area contributed by atoms with Crippen LogP contribution in [0.1, 0.15) is 30.0 Å². The Hall–Kier alpha value is -1.26. The van der Waals surface area contributed by atoms with Crippen LogP contribution in [0.15, 0.2) is 18.2 Å². The zero-order valence-corrected chi connectivity index (χ0v) is 11.9. The quantitative estimate of drug-likeness (QED) is 0.865. The van der Waals surface area contributed by atoms with Gasteiger partial charge in [-0.1, -0.05) is 23.7 Å². The molecule has 2 heterocycles. The van der Waals surface area contributed by atoms with Gasteiger partial charge in [-0.3, -0.25) is 4.90 Å². The van der Waals surface area contributed by atoms with E-state index in [1.807, 2.05) is 12.1 Å². The molecule has 2 bridgehead atoms. The summed E-state index contributed by atoms with van der Waals surface area (Å²) < 4.78 is 0. The SMILES string of the molecule is O=C(O)N1CC2CC1CN2C1CCc2cccc(Cl)c21. The number of halogens is 1. The predicted octanol–water partition coefficient (Wildman–Crippen LogP) is 2.76. The van der Waals surface area contributed by atoms with Gasteiger partial charge in [0.2, 0.25) is 0 Å². The van der Waals surface area contributed by atoms with Crippen LogP contribution < -0.4 is 0 Å². The van der Waals surface area contributed by atoms with Crippen LogP contribution >= 0.6 is 11.6 Å². The Morgan fingerprint density at radius 2 is 2.15 bits per heavy atom. The molecule has 0 aromatic heterocycles. The number of aryl methyl sites for hydroxylation is 1. The summed E-state index contributed by atoms with van der Waals surface area (Å²) in [6, 6.07) is 7.07. The molecule has 1 aliphatic carbocycles. The summed E-state index contributed by atoms with van der Waals surface area (Å²) >= 11 is 6.39. The summed E-state index contributed by atoms with van der Waals surface area (Å²) in [6.07, 6.45) is 2.39. The van der Waals surface area contributed by atoms with Crippen molar-refractivity contribution in [3.8, 4) is 0 Å². The van der Waals surface area contributed by atoms with E-state index >= 15 is 0 Å². The van der Waals surface area contributed by atoms with E-state index in [0.29, 0.717) is 18.6 Å². The molecule has 4 rings (SSSR count). The summed E-state index contributed by atoms with van der Waals surface area (Å²) in [4.78, 5) is 15.2. The third kappa shape index (κ3) is 1.68. The number of nitrogens with zero attached hydrogens (tertiary/aromatic N) is 2. The lowest BCUT2D eigenvalue weighted by Gasteiger charge is -2.37. The first-order chi connectivity index (χ1) is 9.65. The number of benzene rings is 1. The molecule has 2 saturated heterocycles. The van der Waals surface area contributed by atoms with E-state index in [-0.39, 0.29) is 6.04 Å². The Bertz CT molecular complexity index is 577. The second-order valence-corrected chi connectivity index (χ2v) is 6.45. The number of hydrogen-bond donors (Lipinski definition) is 1. The lowest BCUT2D eigenvalue weighted by atomic mass is 10.1. The maximum Gasteiger partial charge on any atom is 0.407 e. The van der Waals surface area contributed by atoms with Crippen molar-refractivity contribution in [2.45, 2.75) is 37.4 Å². The van der Waals surface area contributed by atoms with Crippen molar-refractivity contribution < 1.29 is 9.90 Å². The van der Waals surface area contributed by atoms with Crippen LogP contribution in [0.4, 0.5) is 4.79 Å². The highest BCUT2D eigenvalue weighted by atomic mass is 35.5. The Morgan fingerprint density at radius 3 is 2.85 bits per heavy atom. The van der Waals surface area contributed by atoms with E-state index < -0.39 is 6.09 Å². The minimum Gasteiger partial charge on any atom is -0.465 e. The van der Waals surface area contributed by atoms with E-state index in [9.17, 15) is 9.90 Å². The molecule has 2 aliphatic heterocycles. The third-order valence-corrected chi connectivity index (χ3v) is 5.42. The molecule has 20 heavy (non-hydrogen) atoms. The minimum absolute atomic E-state index is 0.170. The molecule has 106 valence electrons. The van der Waals surface area contributed by atoms with Gasteiger partial charge < -0.3 is 10.0 Å². The van der Waals surface area contributed by atoms with E-state index in [4.69, 9.17) is 11.6 Å². The van der Waals surface area contributed by atoms with Gasteiger partial charge in [-0.05, 0) is 36.5 Å². The Labute approximate surface area is 122 Å². The fourth-order valence-electron chi connectivity index (χ4n) is 4.25. The molecule has 2 fully saturated rings. The van der Waals surface area contributed by atoms with Crippen LogP contribution in [0, 0.1) is 0 Å². The average molecular weight is 293 g/mol. The van der Waals surface area contributed by atoms with Gasteiger partial charge in [-0.15, -0.1) is 0 Å². The maximum absolute atomic E-state index is 11.2. The number of rotatable bonds is 1. The van der Waals surface area contributed by atoms with E-state index in [0.717, 1.165) is 30.8 Å². The van der Waals surface area contributed by atoms with E-state index in [1.165, 1.54) is 11.1 Å². The first kappa shape index (κ1) is 12.5. The zero-order valence-electron chi connectivity index (χ0n) is 11.1. The summed E-state index contributed by atoms with van der Waals surface area (Å²) in [5, 5.41) is 10.0. The van der Waals surface area contributed by atoms with Gasteiger partial charge >= 0.3 is 6.09 Å². The van der Waals surface area contributed by atoms with Gasteiger partial charge in [-0.25, -0.2) is 4.79 Å². The molecular formula is C15H17ClN2O2. The molecule has 1 aromatic rings. The number of carboxylic acid groups (broad SMARTS) is 1. The Morgan fingerprint density at radius 1 is 1.30 bits per heavy atom. The Balaban J connectivity index is 1.60. The van der Waals surface area contributed by atoms with Gasteiger partial charge in [0.25, 0.3) is 0 Å². The van der Waals surface area contributed by atoms with Gasteiger partial charge in [-0.2, -0.15) is 0 Å². The van der Waals surface area contributed by atoms with Crippen molar-refractivity contribution in [3.05, 3.63) is 34.3 Å². The minimum atomic E-state index is -0.776. The van der Waals surface area contributed by atoms with Gasteiger partial charge in [0.05, 0.1) is 0 Å². The van der Waals surface area contributed by atoms with Crippen molar-refractivity contribution in [1.82, 2.24) is 9.80 Å². The molecule has 1 N–H and O–H groups in total. The largest absolute Gasteiger partial charge is 0.465 e. The maximum atomic E-state index is 11.2. The van der Waals surface area contributed by atoms with Crippen LogP contribution in [0.3, 0.4) is 0 Å². The summed E-state index contributed by atoms with van der Waals surface area (Å²) in [5.41, 5.74) is 2.64. The van der Waals surface area contributed by atoms with Crippen molar-refractivity contribution in [1.29, 1.82) is 0 Å². The van der Waals surface area contributed by atoms with Gasteiger partial charge in [0, 0.05) is 36.2 Å². The summed E-state index contributed by atoms with van der Waals surface area (Å²) in [5.74, 6) is 0. The molecule has 3 aliphatic rings. The molecule has 0 radical (unpaired) electrons. The van der Waals surface area contributed by atoms with E-state index in [2.05, 4.69) is 11.0 Å². The number of hydrogen-bond acceptors (Lipinski definition) is 2. The monoisotopic (exact) mass is 292 g/mol. The van der Waals surface area contributed by atoms with Crippen molar-refractivity contribution >= 4 is 17.7 Å². The molecule has 0 spiro atoms. The standard InChI is InChI=1S/C15H17ClN2O2/c16-12-3-1-2-9-4-5-13(14(9)12)17-7-11-6-10(17)8-18(11)15(19)20/h1-3,10-11,13H,4-8H2,(H,19,20). The average Bonchev–Trinajstić information content (AvgIpc) is 3.11. The fourth-order valence-corrected chi connectivity index (χ4v) is 4.57. The number of likely N-dealkylation sites (tertiary alicyclic amines) is 2. The van der Waals surface area contributed by atoms with Crippen LogP contribution in [0.5, 0.6) is 0 Å². The zero-order chi connectivity index (χ0) is 13.9. The number of amides is 1. The molecule has 5 heteroatoms. The van der Waals surface area contributed by atoms with Crippen LogP contribution in [0.2, 0.25) is 5.02 Å². The smallest absolute Gasteiger partial charge is 0.407 e. The fraction of sp³-hybridized carbons (Fsp3) is 0.533. The summed E-state index contributed by atoms with van der Waals surface area (Å²) in [6.45, 7) is 1.50. The second-order valence-electron chi connectivity index (χ2n) is 6.04. The number of carbonyl (C=O) groups is 1. The van der Waals surface area contributed by atoms with Crippen LogP contribution in [0.25, 0.3) is 0 Å². The Kier molecular flexibility index (Phi) is 2.72. The molecule has 3 unspecified atom stereocenters. The lowest BCUT2D eigenvalue weighted by Crippen LogP contribution is -2.49. The van der Waals surface area contributed by atoms with Crippen molar-refractivity contribution in [3.63, 3.8) is 0 Å². The molecular weight excluding hydrogens is 276 g/mol. The normalized spacial score (nSPS) is 31.9. The highest BCUT2D eigenvalue weighted by molar-refractivity contribution is 6.31. The van der Waals surface area contributed by atoms with Gasteiger partial charge in [0.15, 0.2) is 0 Å². The molecule has 3 atom stereocenters. The third-order valence-electron chi connectivity index (χ3n) is 5.09. The lowest BCUT2D eigenvalue weighted by molar-refractivity contribution is 0.0821. The first-order valence-corrected chi connectivity index (χ1v) is 7.55.